The number of hydrogen-bond acceptors (Lipinski definition) is 3. The van der Waals surface area contributed by atoms with Gasteiger partial charge in [0, 0.05) is 19.0 Å². The molecule has 5 nitrogen and oxygen atoms in total. The van der Waals surface area contributed by atoms with E-state index in [9.17, 15) is 9.59 Å². The van der Waals surface area contributed by atoms with Gasteiger partial charge in [0.05, 0.1) is 12.8 Å². The van der Waals surface area contributed by atoms with Gasteiger partial charge < -0.3 is 14.2 Å². The molecule has 0 aliphatic carbocycles. The summed E-state index contributed by atoms with van der Waals surface area (Å²) < 4.78 is 5.48. The second-order valence-electron chi connectivity index (χ2n) is 9.15. The van der Waals surface area contributed by atoms with E-state index in [2.05, 4.69) is 12.1 Å². The Hall–Kier alpha value is -2.56. The molecule has 0 saturated heterocycles. The van der Waals surface area contributed by atoms with Crippen molar-refractivity contribution in [2.45, 2.75) is 66.5 Å². The Bertz CT molecular complexity index is 778. The van der Waals surface area contributed by atoms with E-state index in [1.165, 1.54) is 5.56 Å². The maximum absolute atomic E-state index is 13.3. The molecule has 2 rings (SSSR count). The highest BCUT2D eigenvalue weighted by atomic mass is 16.3. The third-order valence-corrected chi connectivity index (χ3v) is 5.22. The lowest BCUT2D eigenvalue weighted by Crippen LogP contribution is -2.47. The van der Waals surface area contributed by atoms with E-state index < -0.39 is 0 Å². The van der Waals surface area contributed by atoms with Gasteiger partial charge in [-0.2, -0.15) is 0 Å². The van der Waals surface area contributed by atoms with Crippen LogP contribution in [0.25, 0.3) is 0 Å². The molecule has 164 valence electrons. The predicted molar refractivity (Wildman–Crippen MR) is 120 cm³/mol. The van der Waals surface area contributed by atoms with Crippen LogP contribution in [0.1, 0.15) is 58.8 Å². The molecule has 1 heterocycles. The largest absolute Gasteiger partial charge is 0.467 e. The molecule has 0 radical (unpaired) electrons. The van der Waals surface area contributed by atoms with Gasteiger partial charge >= 0.3 is 0 Å². The maximum Gasteiger partial charge on any atom is 0.242 e. The van der Waals surface area contributed by atoms with Gasteiger partial charge in [-0.25, -0.2) is 0 Å². The molecule has 30 heavy (non-hydrogen) atoms. The number of amides is 2. The quantitative estimate of drug-likeness (QED) is 0.557. The van der Waals surface area contributed by atoms with Gasteiger partial charge in [-0.05, 0) is 42.9 Å². The molecule has 0 spiro atoms. The Balaban J connectivity index is 2.13. The molecule has 2 amide bonds. The summed E-state index contributed by atoms with van der Waals surface area (Å²) in [5, 5.41) is 0. The highest BCUT2D eigenvalue weighted by Crippen LogP contribution is 2.21. The fourth-order valence-corrected chi connectivity index (χ4v) is 3.30. The molecule has 0 bridgehead atoms. The Morgan fingerprint density at radius 1 is 1.03 bits per heavy atom. The van der Waals surface area contributed by atoms with Gasteiger partial charge in [0.1, 0.15) is 12.3 Å². The summed E-state index contributed by atoms with van der Waals surface area (Å²) in [5.41, 5.74) is 1.06. The summed E-state index contributed by atoms with van der Waals surface area (Å²) in [5.74, 6) is 0.726. The van der Waals surface area contributed by atoms with E-state index in [0.717, 1.165) is 18.6 Å². The zero-order valence-electron chi connectivity index (χ0n) is 19.1. The zero-order chi connectivity index (χ0) is 22.1. The maximum atomic E-state index is 13.3. The molecule has 1 aromatic heterocycles. The van der Waals surface area contributed by atoms with Crippen LogP contribution in [0.3, 0.4) is 0 Å². The minimum absolute atomic E-state index is 0.0170. The first-order valence-corrected chi connectivity index (χ1v) is 10.8. The van der Waals surface area contributed by atoms with Gasteiger partial charge in [-0.3, -0.25) is 9.59 Å². The monoisotopic (exact) mass is 412 g/mol. The van der Waals surface area contributed by atoms with Gasteiger partial charge in [0.15, 0.2) is 0 Å². The third kappa shape index (κ3) is 7.69. The number of carbonyl (C=O) groups excluding carboxylic acids is 2. The smallest absolute Gasteiger partial charge is 0.242 e. The predicted octanol–water partition coefficient (Wildman–Crippen LogP) is 4.91. The molecule has 0 N–H and O–H groups in total. The molecular weight excluding hydrogens is 376 g/mol. The number of benzene rings is 1. The minimum Gasteiger partial charge on any atom is -0.467 e. The van der Waals surface area contributed by atoms with E-state index in [4.69, 9.17) is 4.42 Å². The fourth-order valence-electron chi connectivity index (χ4n) is 3.30. The average molecular weight is 413 g/mol. The summed E-state index contributed by atoms with van der Waals surface area (Å²) in [6.07, 6.45) is 3.61. The Morgan fingerprint density at radius 3 is 2.30 bits per heavy atom. The number of hydrogen-bond donors (Lipinski definition) is 0. The van der Waals surface area contributed by atoms with E-state index in [1.807, 2.05) is 65.0 Å². The van der Waals surface area contributed by atoms with Crippen molar-refractivity contribution in [1.29, 1.82) is 0 Å². The second-order valence-corrected chi connectivity index (χ2v) is 9.15. The van der Waals surface area contributed by atoms with Crippen molar-refractivity contribution >= 4 is 11.8 Å². The number of rotatable bonds is 10. The molecule has 0 aliphatic rings. The van der Waals surface area contributed by atoms with Gasteiger partial charge in [-0.1, -0.05) is 58.0 Å². The van der Waals surface area contributed by atoms with Crippen molar-refractivity contribution in [1.82, 2.24) is 9.80 Å². The molecule has 1 aromatic carbocycles. The molecular formula is C25H36N2O3. The van der Waals surface area contributed by atoms with Crippen molar-refractivity contribution in [2.24, 2.45) is 5.41 Å². The first-order valence-electron chi connectivity index (χ1n) is 10.8. The molecule has 0 aliphatic heterocycles. The summed E-state index contributed by atoms with van der Waals surface area (Å²) >= 11 is 0. The normalized spacial score (nSPS) is 12.4. The molecule has 0 saturated carbocycles. The van der Waals surface area contributed by atoms with Crippen LogP contribution in [0.5, 0.6) is 0 Å². The van der Waals surface area contributed by atoms with E-state index >= 15 is 0 Å². The zero-order valence-corrected chi connectivity index (χ0v) is 19.1. The second kappa shape index (κ2) is 11.0. The summed E-state index contributed by atoms with van der Waals surface area (Å²) in [6.45, 7) is 11.3. The van der Waals surface area contributed by atoms with Crippen LogP contribution in [0.4, 0.5) is 0 Å². The van der Waals surface area contributed by atoms with Crippen molar-refractivity contribution < 1.29 is 14.0 Å². The molecule has 0 unspecified atom stereocenters. The lowest BCUT2D eigenvalue weighted by atomic mass is 9.91. The summed E-state index contributed by atoms with van der Waals surface area (Å²) in [4.78, 5) is 29.8. The first-order chi connectivity index (χ1) is 14.2. The lowest BCUT2D eigenvalue weighted by Gasteiger charge is -2.33. The van der Waals surface area contributed by atoms with Crippen LogP contribution in [0.2, 0.25) is 0 Å². The van der Waals surface area contributed by atoms with Gasteiger partial charge in [0.2, 0.25) is 11.8 Å². The number of carbonyl (C=O) groups is 2. The molecule has 2 aromatic rings. The molecule has 5 heteroatoms. The van der Waals surface area contributed by atoms with Crippen LogP contribution in [0, 0.1) is 5.41 Å². The highest BCUT2D eigenvalue weighted by Gasteiger charge is 2.28. The highest BCUT2D eigenvalue weighted by molar-refractivity contribution is 5.85. The average Bonchev–Trinajstić information content (AvgIpc) is 3.21. The topological polar surface area (TPSA) is 53.8 Å². The standard InChI is InChI=1S/C25H36N2O3/c1-6-20(2)27(23(28)17-25(3,4)5)19-24(29)26(18-22-13-10-16-30-22)15-14-21-11-8-7-9-12-21/h7-13,16,20H,6,14-15,17-19H2,1-5H3/t20-/m0/s1. The minimum atomic E-state index is -0.118. The van der Waals surface area contributed by atoms with Crippen LogP contribution in [-0.2, 0) is 22.6 Å². The van der Waals surface area contributed by atoms with Crippen molar-refractivity contribution in [2.75, 3.05) is 13.1 Å². The van der Waals surface area contributed by atoms with Crippen molar-refractivity contribution in [3.63, 3.8) is 0 Å². The third-order valence-electron chi connectivity index (χ3n) is 5.22. The number of furan rings is 1. The molecule has 1 atom stereocenters. The van der Waals surface area contributed by atoms with E-state index in [0.29, 0.717) is 19.5 Å². The Labute approximate surface area is 181 Å². The summed E-state index contributed by atoms with van der Waals surface area (Å²) in [6, 6.07) is 13.8. The van der Waals surface area contributed by atoms with Crippen LogP contribution in [-0.4, -0.2) is 40.7 Å². The lowest BCUT2D eigenvalue weighted by molar-refractivity contribution is -0.144. The van der Waals surface area contributed by atoms with Crippen LogP contribution in [0.15, 0.2) is 53.1 Å². The Kier molecular flexibility index (Phi) is 8.70. The Morgan fingerprint density at radius 2 is 1.73 bits per heavy atom. The first kappa shape index (κ1) is 23.7. The van der Waals surface area contributed by atoms with Crippen molar-refractivity contribution in [3.05, 3.63) is 60.1 Å². The number of nitrogens with zero attached hydrogens (tertiary/aromatic N) is 2. The summed E-state index contributed by atoms with van der Waals surface area (Å²) in [7, 11) is 0. The van der Waals surface area contributed by atoms with Crippen LogP contribution >= 0.6 is 0 Å². The van der Waals surface area contributed by atoms with Gasteiger partial charge in [-0.15, -0.1) is 0 Å². The van der Waals surface area contributed by atoms with Crippen molar-refractivity contribution in [3.8, 4) is 0 Å². The SMILES string of the molecule is CC[C@H](C)N(CC(=O)N(CCc1ccccc1)Cc1ccco1)C(=O)CC(C)(C)C. The van der Waals surface area contributed by atoms with E-state index in [1.54, 1.807) is 16.1 Å². The van der Waals surface area contributed by atoms with E-state index in [-0.39, 0.29) is 29.8 Å². The fraction of sp³-hybridized carbons (Fsp3) is 0.520. The van der Waals surface area contributed by atoms with Gasteiger partial charge in [0.25, 0.3) is 0 Å². The molecule has 0 fully saturated rings. The van der Waals surface area contributed by atoms with Crippen LogP contribution < -0.4 is 0 Å².